The van der Waals surface area contributed by atoms with Crippen LogP contribution in [0.2, 0.25) is 0 Å². The Hall–Kier alpha value is -1.88. The molecule has 4 nitrogen and oxygen atoms in total. The van der Waals surface area contributed by atoms with E-state index in [0.717, 1.165) is 11.3 Å². The van der Waals surface area contributed by atoms with E-state index in [0.29, 0.717) is 0 Å². The van der Waals surface area contributed by atoms with E-state index in [-0.39, 0.29) is 17.5 Å². The van der Waals surface area contributed by atoms with Crippen LogP contribution in [-0.2, 0) is 9.53 Å². The van der Waals surface area contributed by atoms with E-state index < -0.39 is 0 Å². The van der Waals surface area contributed by atoms with Crippen LogP contribution < -0.4 is 11.1 Å². The molecule has 0 aromatic heterocycles. The lowest BCUT2D eigenvalue weighted by atomic mass is 10.1. The second kappa shape index (κ2) is 6.65. The number of carbonyl (C=O) groups is 1. The first kappa shape index (κ1) is 13.2. The number of nitrogens with two attached hydrogens (primary N) is 1. The minimum atomic E-state index is -0.277. The summed E-state index contributed by atoms with van der Waals surface area (Å²) in [5, 5.41) is 3.07. The molecule has 0 aliphatic carbocycles. The van der Waals surface area contributed by atoms with Crippen LogP contribution in [0.1, 0.15) is 12.0 Å². The van der Waals surface area contributed by atoms with Crippen molar-refractivity contribution in [1.29, 1.82) is 0 Å². The number of benzene rings is 1. The highest BCUT2D eigenvalue weighted by molar-refractivity contribution is 7.80. The maximum atomic E-state index is 10.9. The van der Waals surface area contributed by atoms with Gasteiger partial charge in [-0.2, -0.15) is 0 Å². The Labute approximate surface area is 105 Å². The molecule has 0 spiro atoms. The van der Waals surface area contributed by atoms with Crippen molar-refractivity contribution >= 4 is 35.1 Å². The van der Waals surface area contributed by atoms with Crippen LogP contribution in [0.15, 0.2) is 30.3 Å². The summed E-state index contributed by atoms with van der Waals surface area (Å²) in [7, 11) is 1.36. The molecular formula is C12H14N2O2S. The van der Waals surface area contributed by atoms with Crippen LogP contribution in [0.3, 0.4) is 0 Å². The Morgan fingerprint density at radius 1 is 1.53 bits per heavy atom. The number of thiocarbonyl (C=S) groups is 1. The molecule has 1 rings (SSSR count). The van der Waals surface area contributed by atoms with E-state index in [1.165, 1.54) is 7.11 Å². The molecule has 0 aliphatic rings. The van der Waals surface area contributed by atoms with Crippen molar-refractivity contribution in [2.24, 2.45) is 5.73 Å². The van der Waals surface area contributed by atoms with Crippen molar-refractivity contribution < 1.29 is 9.53 Å². The monoisotopic (exact) mass is 250 g/mol. The predicted octanol–water partition coefficient (Wildman–Crippen LogP) is 1.92. The van der Waals surface area contributed by atoms with E-state index in [1.807, 2.05) is 30.3 Å². The molecule has 0 saturated heterocycles. The summed E-state index contributed by atoms with van der Waals surface area (Å²) in [6.07, 6.45) is 3.78. The number of carbonyl (C=O) groups excluding carboxylic acids is 1. The lowest BCUT2D eigenvalue weighted by Gasteiger charge is -2.07. The van der Waals surface area contributed by atoms with Crippen LogP contribution in [0, 0.1) is 0 Å². The molecule has 0 saturated carbocycles. The summed E-state index contributed by atoms with van der Waals surface area (Å²) in [5.41, 5.74) is 7.13. The van der Waals surface area contributed by atoms with Gasteiger partial charge in [0.05, 0.1) is 13.5 Å². The highest BCUT2D eigenvalue weighted by Gasteiger charge is 1.99. The molecule has 1 aromatic carbocycles. The van der Waals surface area contributed by atoms with Gasteiger partial charge >= 0.3 is 5.97 Å². The van der Waals surface area contributed by atoms with Gasteiger partial charge in [0.1, 0.15) is 0 Å². The molecule has 90 valence electrons. The number of para-hydroxylation sites is 1. The number of rotatable bonds is 4. The van der Waals surface area contributed by atoms with Crippen molar-refractivity contribution in [3.8, 4) is 0 Å². The highest BCUT2D eigenvalue weighted by atomic mass is 32.1. The lowest BCUT2D eigenvalue weighted by Crippen LogP contribution is -2.19. The summed E-state index contributed by atoms with van der Waals surface area (Å²) < 4.78 is 4.54. The second-order valence-electron chi connectivity index (χ2n) is 3.26. The van der Waals surface area contributed by atoms with Gasteiger partial charge in [-0.15, -0.1) is 0 Å². The number of ether oxygens (including phenoxy) is 1. The molecular weight excluding hydrogens is 236 g/mol. The topological polar surface area (TPSA) is 64.3 Å². The lowest BCUT2D eigenvalue weighted by molar-refractivity contribution is -0.139. The van der Waals surface area contributed by atoms with Crippen LogP contribution in [-0.4, -0.2) is 18.2 Å². The van der Waals surface area contributed by atoms with Crippen molar-refractivity contribution in [3.05, 3.63) is 35.9 Å². The number of hydrogen-bond donors (Lipinski definition) is 2. The molecule has 3 N–H and O–H groups in total. The van der Waals surface area contributed by atoms with Gasteiger partial charge in [-0.1, -0.05) is 30.4 Å². The fourth-order valence-electron chi connectivity index (χ4n) is 1.25. The highest BCUT2D eigenvalue weighted by Crippen LogP contribution is 2.16. The van der Waals surface area contributed by atoms with Crippen molar-refractivity contribution in [2.75, 3.05) is 12.4 Å². The number of nitrogens with one attached hydrogen (secondary N) is 1. The Morgan fingerprint density at radius 2 is 2.24 bits per heavy atom. The fourth-order valence-corrected chi connectivity index (χ4v) is 1.36. The van der Waals surface area contributed by atoms with Gasteiger partial charge in [0, 0.05) is 5.69 Å². The predicted molar refractivity (Wildman–Crippen MR) is 72.5 cm³/mol. The van der Waals surface area contributed by atoms with Gasteiger partial charge in [-0.3, -0.25) is 4.79 Å². The minimum absolute atomic E-state index is 0.207. The Morgan fingerprint density at radius 3 is 2.88 bits per heavy atom. The third kappa shape index (κ3) is 4.65. The molecule has 0 bridgehead atoms. The number of anilines is 1. The maximum Gasteiger partial charge on any atom is 0.309 e. The van der Waals surface area contributed by atoms with Crippen molar-refractivity contribution in [1.82, 2.24) is 0 Å². The van der Waals surface area contributed by atoms with Gasteiger partial charge in [-0.25, -0.2) is 0 Å². The summed E-state index contributed by atoms with van der Waals surface area (Å²) in [6.45, 7) is 0. The first-order valence-electron chi connectivity index (χ1n) is 5.02. The van der Waals surface area contributed by atoms with Gasteiger partial charge in [0.2, 0.25) is 0 Å². The van der Waals surface area contributed by atoms with Gasteiger partial charge < -0.3 is 15.8 Å². The van der Waals surface area contributed by atoms with Gasteiger partial charge in [0.25, 0.3) is 0 Å². The Bertz CT molecular complexity index is 444. The first-order chi connectivity index (χ1) is 8.13. The van der Waals surface area contributed by atoms with E-state index in [2.05, 4.69) is 10.1 Å². The Kier molecular flexibility index (Phi) is 5.16. The Balaban J connectivity index is 2.76. The van der Waals surface area contributed by atoms with Crippen LogP contribution in [0.25, 0.3) is 6.08 Å². The molecule has 5 heteroatoms. The normalized spacial score (nSPS) is 10.2. The molecule has 0 radical (unpaired) electrons. The SMILES string of the molecule is COC(=O)CC=Cc1ccccc1NC(N)=S. The molecule has 0 atom stereocenters. The number of methoxy groups -OCH3 is 1. The summed E-state index contributed by atoms with van der Waals surface area (Å²) in [6, 6.07) is 7.52. The molecule has 0 unspecified atom stereocenters. The maximum absolute atomic E-state index is 10.9. The molecule has 17 heavy (non-hydrogen) atoms. The van der Waals surface area contributed by atoms with Gasteiger partial charge in [0.15, 0.2) is 5.11 Å². The zero-order chi connectivity index (χ0) is 12.7. The standard InChI is InChI=1S/C12H14N2O2S/c1-16-11(15)8-4-6-9-5-2-3-7-10(9)14-12(13)17/h2-7H,8H2,1H3,(H3,13,14,17). The zero-order valence-corrected chi connectivity index (χ0v) is 10.3. The van der Waals surface area contributed by atoms with E-state index in [1.54, 1.807) is 6.08 Å². The smallest absolute Gasteiger partial charge is 0.309 e. The largest absolute Gasteiger partial charge is 0.469 e. The molecule has 0 amide bonds. The quantitative estimate of drug-likeness (QED) is 0.631. The number of hydrogen-bond acceptors (Lipinski definition) is 3. The second-order valence-corrected chi connectivity index (χ2v) is 3.70. The van der Waals surface area contributed by atoms with Crippen molar-refractivity contribution in [3.63, 3.8) is 0 Å². The molecule has 0 aliphatic heterocycles. The van der Waals surface area contributed by atoms with E-state index in [9.17, 15) is 4.79 Å². The van der Waals surface area contributed by atoms with Crippen LogP contribution in [0.4, 0.5) is 5.69 Å². The first-order valence-corrected chi connectivity index (χ1v) is 5.43. The molecule has 0 heterocycles. The summed E-state index contributed by atoms with van der Waals surface area (Å²) in [5.74, 6) is -0.277. The third-order valence-corrected chi connectivity index (χ3v) is 2.13. The fraction of sp³-hybridized carbons (Fsp3) is 0.167. The zero-order valence-electron chi connectivity index (χ0n) is 9.47. The summed E-state index contributed by atoms with van der Waals surface area (Å²) in [4.78, 5) is 10.9. The van der Waals surface area contributed by atoms with Crippen LogP contribution >= 0.6 is 12.2 Å². The minimum Gasteiger partial charge on any atom is -0.469 e. The average Bonchev–Trinajstić information content (AvgIpc) is 2.30. The molecule has 0 fully saturated rings. The summed E-state index contributed by atoms with van der Waals surface area (Å²) >= 11 is 4.78. The van der Waals surface area contributed by atoms with Gasteiger partial charge in [-0.05, 0) is 23.8 Å². The van der Waals surface area contributed by atoms with E-state index in [4.69, 9.17) is 18.0 Å². The third-order valence-electron chi connectivity index (χ3n) is 2.03. The van der Waals surface area contributed by atoms with Crippen molar-refractivity contribution in [2.45, 2.75) is 6.42 Å². The number of esters is 1. The van der Waals surface area contributed by atoms with Crippen LogP contribution in [0.5, 0.6) is 0 Å². The molecule has 1 aromatic rings. The van der Waals surface area contributed by atoms with E-state index >= 15 is 0 Å². The average molecular weight is 250 g/mol.